The molecular weight excluding hydrogens is 348 g/mol. The molecule has 4 heteroatoms. The van der Waals surface area contributed by atoms with Crippen molar-refractivity contribution in [2.24, 2.45) is 0 Å². The van der Waals surface area contributed by atoms with Gasteiger partial charge in [0.15, 0.2) is 0 Å². The van der Waals surface area contributed by atoms with Gasteiger partial charge in [-0.15, -0.1) is 0 Å². The van der Waals surface area contributed by atoms with Crippen molar-refractivity contribution in [3.05, 3.63) is 96.2 Å². The van der Waals surface area contributed by atoms with Crippen LogP contribution in [-0.2, 0) is 11.2 Å². The number of aryl methyl sites for hydroxylation is 1. The first-order valence-electron chi connectivity index (χ1n) is 9.15. The van der Waals surface area contributed by atoms with Crippen molar-refractivity contribution in [3.8, 4) is 28.1 Å². The van der Waals surface area contributed by atoms with Gasteiger partial charge in [-0.1, -0.05) is 78.9 Å². The fraction of sp³-hybridized carbons (Fsp3) is 0.0833. The Balaban J connectivity index is 1.99. The van der Waals surface area contributed by atoms with E-state index in [1.165, 1.54) is 0 Å². The lowest BCUT2D eigenvalue weighted by Gasteiger charge is -2.14. The second kappa shape index (κ2) is 7.53. The van der Waals surface area contributed by atoms with Gasteiger partial charge in [-0.3, -0.25) is 4.79 Å². The summed E-state index contributed by atoms with van der Waals surface area (Å²) in [6.07, 6.45) is -0.0659. The molecule has 0 amide bonds. The molecule has 0 aliphatic carbocycles. The third-order valence-corrected chi connectivity index (χ3v) is 4.78. The van der Waals surface area contributed by atoms with Crippen molar-refractivity contribution in [2.75, 3.05) is 0 Å². The Labute approximate surface area is 163 Å². The summed E-state index contributed by atoms with van der Waals surface area (Å²) >= 11 is 0. The monoisotopic (exact) mass is 368 g/mol. The molecule has 0 fully saturated rings. The first-order valence-corrected chi connectivity index (χ1v) is 9.15. The number of carbonyl (C=O) groups is 1. The van der Waals surface area contributed by atoms with E-state index in [0.717, 1.165) is 39.3 Å². The molecular formula is C24H20N2O2. The van der Waals surface area contributed by atoms with Gasteiger partial charge < -0.3 is 5.11 Å². The molecule has 1 heterocycles. The lowest BCUT2D eigenvalue weighted by atomic mass is 10.0. The predicted molar refractivity (Wildman–Crippen MR) is 111 cm³/mol. The SMILES string of the molecule is Cc1nn(-c2ccccc2-c2ccccc2)c(-c2ccccc2)c1CC(=O)O. The Hall–Kier alpha value is -3.66. The second-order valence-corrected chi connectivity index (χ2v) is 6.64. The fourth-order valence-electron chi connectivity index (χ4n) is 3.51. The van der Waals surface area contributed by atoms with Crippen LogP contribution in [0.2, 0.25) is 0 Å². The molecule has 28 heavy (non-hydrogen) atoms. The predicted octanol–water partition coefficient (Wildman–Crippen LogP) is 5.14. The van der Waals surface area contributed by atoms with E-state index in [4.69, 9.17) is 5.10 Å². The summed E-state index contributed by atoms with van der Waals surface area (Å²) in [4.78, 5) is 11.5. The van der Waals surface area contributed by atoms with Gasteiger partial charge in [0.25, 0.3) is 0 Å². The lowest BCUT2D eigenvalue weighted by molar-refractivity contribution is -0.136. The number of hydrogen-bond acceptors (Lipinski definition) is 2. The molecule has 3 aromatic carbocycles. The molecule has 0 unspecified atom stereocenters. The van der Waals surface area contributed by atoms with Crippen molar-refractivity contribution in [1.29, 1.82) is 0 Å². The van der Waals surface area contributed by atoms with Gasteiger partial charge in [0, 0.05) is 16.7 Å². The number of rotatable bonds is 5. The summed E-state index contributed by atoms with van der Waals surface area (Å²) in [5, 5.41) is 14.2. The highest BCUT2D eigenvalue weighted by molar-refractivity contribution is 5.79. The van der Waals surface area contributed by atoms with Crippen molar-refractivity contribution in [3.63, 3.8) is 0 Å². The number of hydrogen-bond donors (Lipinski definition) is 1. The van der Waals surface area contributed by atoms with E-state index >= 15 is 0 Å². The van der Waals surface area contributed by atoms with Gasteiger partial charge in [0.05, 0.1) is 23.5 Å². The molecule has 0 aliphatic rings. The van der Waals surface area contributed by atoms with Crippen molar-refractivity contribution < 1.29 is 9.90 Å². The molecule has 1 aromatic heterocycles. The van der Waals surface area contributed by atoms with Gasteiger partial charge in [0.2, 0.25) is 0 Å². The average molecular weight is 368 g/mol. The van der Waals surface area contributed by atoms with Crippen molar-refractivity contribution in [1.82, 2.24) is 9.78 Å². The third kappa shape index (κ3) is 3.32. The van der Waals surface area contributed by atoms with Crippen molar-refractivity contribution >= 4 is 5.97 Å². The smallest absolute Gasteiger partial charge is 0.307 e. The summed E-state index contributed by atoms with van der Waals surface area (Å²) in [5.41, 5.74) is 6.29. The summed E-state index contributed by atoms with van der Waals surface area (Å²) in [5.74, 6) is -0.865. The molecule has 0 spiro atoms. The van der Waals surface area contributed by atoms with E-state index in [0.29, 0.717) is 0 Å². The summed E-state index contributed by atoms with van der Waals surface area (Å²) < 4.78 is 1.88. The van der Waals surface area contributed by atoms with Gasteiger partial charge in [0.1, 0.15) is 0 Å². The first-order chi connectivity index (χ1) is 13.6. The molecule has 0 saturated carbocycles. The number of aliphatic carboxylic acids is 1. The Morgan fingerprint density at radius 3 is 2.07 bits per heavy atom. The average Bonchev–Trinajstić information content (AvgIpc) is 3.05. The largest absolute Gasteiger partial charge is 0.481 e. The second-order valence-electron chi connectivity index (χ2n) is 6.64. The zero-order chi connectivity index (χ0) is 19.5. The first kappa shape index (κ1) is 17.7. The van der Waals surface area contributed by atoms with Crippen LogP contribution in [0.5, 0.6) is 0 Å². The third-order valence-electron chi connectivity index (χ3n) is 4.78. The van der Waals surface area contributed by atoms with Crippen LogP contribution in [0, 0.1) is 6.92 Å². The standard InChI is InChI=1S/C24H20N2O2/c1-17-21(16-23(27)28)24(19-12-6-3-7-13-19)26(25-17)22-15-9-8-14-20(22)18-10-4-2-5-11-18/h2-15H,16H2,1H3,(H,27,28). The van der Waals surface area contributed by atoms with Crippen LogP contribution in [0.1, 0.15) is 11.3 Å². The molecule has 0 radical (unpaired) electrons. The van der Waals surface area contributed by atoms with Crippen LogP contribution in [0.4, 0.5) is 0 Å². The molecule has 1 N–H and O–H groups in total. The fourth-order valence-corrected chi connectivity index (χ4v) is 3.51. The minimum absolute atomic E-state index is 0.0659. The summed E-state index contributed by atoms with van der Waals surface area (Å²) in [7, 11) is 0. The zero-order valence-corrected chi connectivity index (χ0v) is 15.5. The Morgan fingerprint density at radius 2 is 1.43 bits per heavy atom. The number of para-hydroxylation sites is 1. The normalized spacial score (nSPS) is 10.8. The molecule has 4 rings (SSSR count). The van der Waals surface area contributed by atoms with Gasteiger partial charge in [-0.2, -0.15) is 5.10 Å². The summed E-state index contributed by atoms with van der Waals surface area (Å²) in [6.45, 7) is 1.87. The van der Waals surface area contributed by atoms with Crippen LogP contribution in [0.25, 0.3) is 28.1 Å². The van der Waals surface area contributed by atoms with Crippen LogP contribution in [0.3, 0.4) is 0 Å². The van der Waals surface area contributed by atoms with E-state index in [-0.39, 0.29) is 6.42 Å². The number of carboxylic acids is 1. The molecule has 4 aromatic rings. The zero-order valence-electron chi connectivity index (χ0n) is 15.5. The molecule has 4 nitrogen and oxygen atoms in total. The lowest BCUT2D eigenvalue weighted by Crippen LogP contribution is -2.05. The number of nitrogens with zero attached hydrogens (tertiary/aromatic N) is 2. The quantitative estimate of drug-likeness (QED) is 0.530. The minimum atomic E-state index is -0.865. The number of aromatic nitrogens is 2. The number of benzene rings is 3. The maximum atomic E-state index is 11.5. The van der Waals surface area contributed by atoms with Crippen LogP contribution >= 0.6 is 0 Å². The highest BCUT2D eigenvalue weighted by Crippen LogP contribution is 2.33. The molecule has 138 valence electrons. The van der Waals surface area contributed by atoms with E-state index in [9.17, 15) is 9.90 Å². The Bertz CT molecular complexity index is 1120. The van der Waals surface area contributed by atoms with E-state index in [2.05, 4.69) is 18.2 Å². The maximum Gasteiger partial charge on any atom is 0.307 e. The summed E-state index contributed by atoms with van der Waals surface area (Å²) in [6, 6.07) is 28.0. The van der Waals surface area contributed by atoms with Crippen LogP contribution in [-0.4, -0.2) is 20.9 Å². The van der Waals surface area contributed by atoms with E-state index in [1.807, 2.05) is 78.3 Å². The molecule has 0 aliphatic heterocycles. The molecule has 0 saturated heterocycles. The van der Waals surface area contributed by atoms with Crippen molar-refractivity contribution in [2.45, 2.75) is 13.3 Å². The van der Waals surface area contributed by atoms with E-state index < -0.39 is 5.97 Å². The Kier molecular flexibility index (Phi) is 4.77. The highest BCUT2D eigenvalue weighted by Gasteiger charge is 2.21. The Morgan fingerprint density at radius 1 is 0.857 bits per heavy atom. The van der Waals surface area contributed by atoms with E-state index in [1.54, 1.807) is 0 Å². The minimum Gasteiger partial charge on any atom is -0.481 e. The van der Waals surface area contributed by atoms with Gasteiger partial charge >= 0.3 is 5.97 Å². The van der Waals surface area contributed by atoms with Gasteiger partial charge in [-0.05, 0) is 18.6 Å². The number of carboxylic acid groups (broad SMARTS) is 1. The molecule has 0 atom stereocenters. The topological polar surface area (TPSA) is 55.1 Å². The van der Waals surface area contributed by atoms with Gasteiger partial charge in [-0.25, -0.2) is 4.68 Å². The van der Waals surface area contributed by atoms with Crippen LogP contribution < -0.4 is 0 Å². The highest BCUT2D eigenvalue weighted by atomic mass is 16.4. The molecule has 0 bridgehead atoms. The maximum absolute atomic E-state index is 11.5. The van der Waals surface area contributed by atoms with Crippen LogP contribution in [0.15, 0.2) is 84.9 Å².